The summed E-state index contributed by atoms with van der Waals surface area (Å²) >= 11 is 13.3. The maximum atomic E-state index is 12.5. The number of aromatic nitrogens is 2. The average Bonchev–Trinajstić information content (AvgIpc) is 3.20. The molecule has 2 heterocycles. The Morgan fingerprint density at radius 1 is 1.31 bits per heavy atom. The smallest absolute Gasteiger partial charge is 0.335 e. The van der Waals surface area contributed by atoms with E-state index in [9.17, 15) is 14.7 Å². The first-order chi connectivity index (χ1) is 13.8. The van der Waals surface area contributed by atoms with E-state index in [1.807, 2.05) is 0 Å². The number of hydrogen-bond donors (Lipinski definition) is 4. The second-order valence-corrected chi connectivity index (χ2v) is 7.96. The number of carbonyl (C=O) groups is 2. The zero-order valence-electron chi connectivity index (χ0n) is 15.6. The number of H-pyrrole nitrogens is 1. The van der Waals surface area contributed by atoms with Crippen LogP contribution in [0, 0.1) is 6.92 Å². The van der Waals surface area contributed by atoms with Crippen molar-refractivity contribution in [3.63, 3.8) is 0 Å². The highest BCUT2D eigenvalue weighted by Gasteiger charge is 2.20. The molecule has 154 valence electrons. The predicted molar refractivity (Wildman–Crippen MR) is 115 cm³/mol. The summed E-state index contributed by atoms with van der Waals surface area (Å²) in [6, 6.07) is 3.04. The number of aromatic carboxylic acids is 1. The van der Waals surface area contributed by atoms with E-state index in [-0.39, 0.29) is 21.3 Å². The number of carbonyl (C=O) groups excluding carboxylic acids is 1. The molecule has 0 aliphatic heterocycles. The summed E-state index contributed by atoms with van der Waals surface area (Å²) in [4.78, 5) is 31.3. The van der Waals surface area contributed by atoms with Crippen molar-refractivity contribution in [3.05, 3.63) is 39.1 Å². The normalized spacial score (nSPS) is 11.0. The molecule has 0 bridgehead atoms. The first kappa shape index (κ1) is 21.4. The van der Waals surface area contributed by atoms with Crippen molar-refractivity contribution >= 4 is 67.5 Å². The van der Waals surface area contributed by atoms with Gasteiger partial charge in [-0.3, -0.25) is 10.1 Å². The number of nitrogens with zero attached hydrogens (tertiary/aromatic N) is 1. The minimum atomic E-state index is -1.05. The fourth-order valence-corrected chi connectivity index (χ4v) is 4.01. The van der Waals surface area contributed by atoms with Gasteiger partial charge in [-0.05, 0) is 25.5 Å². The van der Waals surface area contributed by atoms with E-state index in [4.69, 9.17) is 27.9 Å². The third-order valence-corrected chi connectivity index (χ3v) is 5.95. The molecule has 0 saturated carbocycles. The average molecular weight is 457 g/mol. The van der Waals surface area contributed by atoms with Crippen LogP contribution in [-0.4, -0.2) is 47.2 Å². The third-order valence-electron chi connectivity index (χ3n) is 4.08. The number of benzene rings is 1. The van der Waals surface area contributed by atoms with Crippen LogP contribution >= 0.6 is 34.5 Å². The predicted octanol–water partition coefficient (Wildman–Crippen LogP) is 4.64. The summed E-state index contributed by atoms with van der Waals surface area (Å²) in [6.07, 6.45) is 0.745. The Bertz CT molecular complexity index is 1080. The Balaban J connectivity index is 1.90. The summed E-state index contributed by atoms with van der Waals surface area (Å²) in [5.41, 5.74) is 1.99. The van der Waals surface area contributed by atoms with Gasteiger partial charge in [0.2, 0.25) is 0 Å². The first-order valence-corrected chi connectivity index (χ1v) is 10.1. The number of halogens is 2. The molecule has 3 rings (SSSR count). The largest absolute Gasteiger partial charge is 0.478 e. The van der Waals surface area contributed by atoms with E-state index in [0.717, 1.165) is 6.42 Å². The van der Waals surface area contributed by atoms with E-state index < -0.39 is 11.9 Å². The fraction of sp³-hybridized carbons (Fsp3) is 0.278. The van der Waals surface area contributed by atoms with Gasteiger partial charge in [-0.2, -0.15) is 0 Å². The Morgan fingerprint density at radius 3 is 2.69 bits per heavy atom. The van der Waals surface area contributed by atoms with Crippen LogP contribution in [0.4, 0.5) is 10.8 Å². The van der Waals surface area contributed by atoms with Crippen molar-refractivity contribution in [2.24, 2.45) is 0 Å². The lowest BCUT2D eigenvalue weighted by Gasteiger charge is -2.08. The van der Waals surface area contributed by atoms with Gasteiger partial charge in [-0.1, -0.05) is 34.5 Å². The van der Waals surface area contributed by atoms with Crippen molar-refractivity contribution in [1.82, 2.24) is 9.97 Å². The van der Waals surface area contributed by atoms with Gasteiger partial charge < -0.3 is 20.1 Å². The molecule has 29 heavy (non-hydrogen) atoms. The number of ether oxygens (including phenoxy) is 1. The van der Waals surface area contributed by atoms with Crippen LogP contribution in [0.25, 0.3) is 10.2 Å². The Kier molecular flexibility index (Phi) is 6.63. The summed E-state index contributed by atoms with van der Waals surface area (Å²) in [5.74, 6) is -1.54. The number of methoxy groups -OCH3 is 1. The molecule has 8 nitrogen and oxygen atoms in total. The molecular weight excluding hydrogens is 439 g/mol. The van der Waals surface area contributed by atoms with Crippen LogP contribution in [-0.2, 0) is 4.74 Å². The van der Waals surface area contributed by atoms with Crippen molar-refractivity contribution < 1.29 is 19.4 Å². The molecule has 2 aromatic heterocycles. The molecular formula is C18H18Cl2N4O4S. The molecule has 0 fully saturated rings. The zero-order valence-corrected chi connectivity index (χ0v) is 17.9. The zero-order chi connectivity index (χ0) is 21.1. The minimum absolute atomic E-state index is 0.128. The number of aryl methyl sites for hydroxylation is 1. The molecule has 0 spiro atoms. The molecule has 0 saturated heterocycles. The second-order valence-electron chi connectivity index (χ2n) is 6.17. The van der Waals surface area contributed by atoms with E-state index in [0.29, 0.717) is 39.9 Å². The molecule has 0 unspecified atom stereocenters. The first-order valence-electron chi connectivity index (χ1n) is 8.57. The molecule has 1 aromatic carbocycles. The summed E-state index contributed by atoms with van der Waals surface area (Å²) in [5, 5.41) is 16.0. The SMILES string of the molecule is COCCCNc1cc(C(=O)O)cc2sc(NC(=O)c3[nH]c(C)c(Cl)c3Cl)nc12. The number of carboxylic acids is 1. The van der Waals surface area contributed by atoms with Crippen LogP contribution in [0.5, 0.6) is 0 Å². The maximum Gasteiger partial charge on any atom is 0.335 e. The van der Waals surface area contributed by atoms with Crippen molar-refractivity contribution in [1.29, 1.82) is 0 Å². The summed E-state index contributed by atoms with van der Waals surface area (Å²) in [7, 11) is 1.61. The fourth-order valence-electron chi connectivity index (χ4n) is 2.67. The molecule has 0 aliphatic carbocycles. The summed E-state index contributed by atoms with van der Waals surface area (Å²) < 4.78 is 5.65. The maximum absolute atomic E-state index is 12.5. The highest BCUT2D eigenvalue weighted by molar-refractivity contribution is 7.22. The number of amides is 1. The van der Waals surface area contributed by atoms with Crippen LogP contribution in [0.1, 0.15) is 33.0 Å². The van der Waals surface area contributed by atoms with E-state index >= 15 is 0 Å². The number of nitrogens with one attached hydrogen (secondary N) is 3. The lowest BCUT2D eigenvalue weighted by molar-refractivity contribution is 0.0697. The van der Waals surface area contributed by atoms with Gasteiger partial charge in [0.25, 0.3) is 5.91 Å². The van der Waals surface area contributed by atoms with E-state index in [1.165, 1.54) is 23.5 Å². The van der Waals surface area contributed by atoms with E-state index in [1.54, 1.807) is 14.0 Å². The Morgan fingerprint density at radius 2 is 2.07 bits per heavy atom. The number of aromatic amines is 1. The van der Waals surface area contributed by atoms with Crippen LogP contribution in [0.15, 0.2) is 12.1 Å². The molecule has 4 N–H and O–H groups in total. The van der Waals surface area contributed by atoms with Crippen LogP contribution in [0.2, 0.25) is 10.0 Å². The van der Waals surface area contributed by atoms with Crippen molar-refractivity contribution in [2.45, 2.75) is 13.3 Å². The van der Waals surface area contributed by atoms with Crippen LogP contribution < -0.4 is 10.6 Å². The number of thiazole rings is 1. The van der Waals surface area contributed by atoms with Crippen LogP contribution in [0.3, 0.4) is 0 Å². The van der Waals surface area contributed by atoms with Gasteiger partial charge in [0.05, 0.1) is 26.0 Å². The van der Waals surface area contributed by atoms with E-state index in [2.05, 4.69) is 20.6 Å². The lowest BCUT2D eigenvalue weighted by atomic mass is 10.2. The summed E-state index contributed by atoms with van der Waals surface area (Å²) in [6.45, 7) is 2.87. The number of anilines is 2. The van der Waals surface area contributed by atoms with Gasteiger partial charge in [0.1, 0.15) is 11.2 Å². The van der Waals surface area contributed by atoms with Crippen molar-refractivity contribution in [3.8, 4) is 0 Å². The monoisotopic (exact) mass is 456 g/mol. The topological polar surface area (TPSA) is 116 Å². The molecule has 0 aliphatic rings. The Labute approximate surface area is 180 Å². The molecule has 0 atom stereocenters. The number of hydrogen-bond acceptors (Lipinski definition) is 6. The van der Waals surface area contributed by atoms with Gasteiger partial charge in [-0.25, -0.2) is 9.78 Å². The quantitative estimate of drug-likeness (QED) is 0.367. The Hall–Kier alpha value is -2.33. The minimum Gasteiger partial charge on any atom is -0.478 e. The highest BCUT2D eigenvalue weighted by atomic mass is 35.5. The highest BCUT2D eigenvalue weighted by Crippen LogP contribution is 2.34. The number of carboxylic acid groups (broad SMARTS) is 1. The molecule has 0 radical (unpaired) electrons. The standard InChI is InChI=1S/C18H18Cl2N4O4S/c1-8-12(19)13(20)15(22-8)16(25)24-18-23-14-10(21-4-3-5-28-2)6-9(17(26)27)7-11(14)29-18/h6-7,21-22H,3-5H2,1-2H3,(H,26,27)(H,23,24,25). The molecule has 1 amide bonds. The lowest BCUT2D eigenvalue weighted by Crippen LogP contribution is -2.12. The van der Waals surface area contributed by atoms with Gasteiger partial charge in [-0.15, -0.1) is 0 Å². The third kappa shape index (κ3) is 4.64. The van der Waals surface area contributed by atoms with Gasteiger partial charge >= 0.3 is 5.97 Å². The van der Waals surface area contributed by atoms with Gasteiger partial charge in [0.15, 0.2) is 5.13 Å². The number of rotatable bonds is 8. The number of fused-ring (bicyclic) bond motifs is 1. The molecule has 3 aromatic rings. The second kappa shape index (κ2) is 9.00. The molecule has 11 heteroatoms. The van der Waals surface area contributed by atoms with Crippen molar-refractivity contribution in [2.75, 3.05) is 30.9 Å². The van der Waals surface area contributed by atoms with Gasteiger partial charge in [0, 0.05) is 26.0 Å².